The molecule has 19 heavy (non-hydrogen) atoms. The molecule has 0 bridgehead atoms. The number of thiophene rings is 1. The van der Waals surface area contributed by atoms with Gasteiger partial charge in [0.1, 0.15) is 5.75 Å². The third-order valence-corrected chi connectivity index (χ3v) is 4.43. The molecule has 1 aromatic carbocycles. The Bertz CT molecular complexity index is 521. The number of ether oxygens (including phenoxy) is 1. The van der Waals surface area contributed by atoms with Crippen LogP contribution >= 0.6 is 11.3 Å². The summed E-state index contributed by atoms with van der Waals surface area (Å²) in [6.45, 7) is 4.90. The molecule has 1 heterocycles. The predicted molar refractivity (Wildman–Crippen MR) is 82.2 cm³/mol. The van der Waals surface area contributed by atoms with Gasteiger partial charge in [0.15, 0.2) is 0 Å². The van der Waals surface area contributed by atoms with Crippen LogP contribution in [-0.4, -0.2) is 13.7 Å². The minimum atomic E-state index is 0.202. The molecule has 0 fully saturated rings. The Morgan fingerprint density at radius 1 is 1.16 bits per heavy atom. The molecule has 2 nitrogen and oxygen atoms in total. The smallest absolute Gasteiger partial charge is 0.124 e. The maximum Gasteiger partial charge on any atom is 0.124 e. The van der Waals surface area contributed by atoms with Gasteiger partial charge in [0.2, 0.25) is 0 Å². The van der Waals surface area contributed by atoms with E-state index in [1.165, 1.54) is 15.3 Å². The summed E-state index contributed by atoms with van der Waals surface area (Å²) in [5.74, 6) is 0.968. The van der Waals surface area contributed by atoms with E-state index in [0.717, 1.165) is 12.2 Å². The van der Waals surface area contributed by atoms with Crippen LogP contribution in [0.5, 0.6) is 5.75 Å². The van der Waals surface area contributed by atoms with Crippen molar-refractivity contribution in [1.29, 1.82) is 0 Å². The zero-order chi connectivity index (χ0) is 13.7. The first-order valence-electron chi connectivity index (χ1n) is 6.77. The second kappa shape index (κ2) is 6.73. The first-order chi connectivity index (χ1) is 9.30. The van der Waals surface area contributed by atoms with Crippen LogP contribution in [-0.2, 0) is 6.42 Å². The molecule has 3 heteroatoms. The standard InChI is InChI=1S/C16H21NOS/c1-4-12-10-11-15(19-12)16(17-3)13-8-6-7-9-14(13)18-5-2/h6-11,16-17H,4-5H2,1-3H3. The average Bonchev–Trinajstić information content (AvgIpc) is 2.91. The van der Waals surface area contributed by atoms with E-state index in [2.05, 4.69) is 36.5 Å². The van der Waals surface area contributed by atoms with Gasteiger partial charge in [0.05, 0.1) is 12.6 Å². The maximum absolute atomic E-state index is 5.74. The number of benzene rings is 1. The summed E-state index contributed by atoms with van der Waals surface area (Å²) in [5, 5.41) is 3.40. The molecule has 0 spiro atoms. The van der Waals surface area contributed by atoms with E-state index in [1.54, 1.807) is 0 Å². The normalized spacial score (nSPS) is 12.4. The molecular formula is C16H21NOS. The summed E-state index contributed by atoms with van der Waals surface area (Å²) in [6, 6.07) is 12.9. The highest BCUT2D eigenvalue weighted by Gasteiger charge is 2.17. The molecule has 0 aliphatic rings. The molecule has 1 atom stereocenters. The molecule has 1 unspecified atom stereocenters. The first kappa shape index (κ1) is 14.1. The molecule has 2 aromatic rings. The minimum Gasteiger partial charge on any atom is -0.494 e. The highest BCUT2D eigenvalue weighted by molar-refractivity contribution is 7.12. The molecule has 1 N–H and O–H groups in total. The van der Waals surface area contributed by atoms with Gasteiger partial charge in [-0.05, 0) is 38.6 Å². The largest absolute Gasteiger partial charge is 0.494 e. The highest BCUT2D eigenvalue weighted by Crippen LogP contribution is 2.33. The van der Waals surface area contributed by atoms with Crippen LogP contribution in [0.15, 0.2) is 36.4 Å². The average molecular weight is 275 g/mol. The first-order valence-corrected chi connectivity index (χ1v) is 7.59. The van der Waals surface area contributed by atoms with E-state index in [0.29, 0.717) is 6.61 Å². The van der Waals surface area contributed by atoms with Crippen LogP contribution < -0.4 is 10.1 Å². The van der Waals surface area contributed by atoms with Gasteiger partial charge in [-0.1, -0.05) is 25.1 Å². The van der Waals surface area contributed by atoms with E-state index in [4.69, 9.17) is 4.74 Å². The van der Waals surface area contributed by atoms with Gasteiger partial charge in [-0.2, -0.15) is 0 Å². The lowest BCUT2D eigenvalue weighted by Crippen LogP contribution is -2.17. The van der Waals surface area contributed by atoms with Gasteiger partial charge in [0.25, 0.3) is 0 Å². The summed E-state index contributed by atoms with van der Waals surface area (Å²) in [6.07, 6.45) is 1.09. The summed E-state index contributed by atoms with van der Waals surface area (Å²) in [7, 11) is 2.00. The van der Waals surface area contributed by atoms with Gasteiger partial charge in [-0.25, -0.2) is 0 Å². The number of nitrogens with one attached hydrogen (secondary N) is 1. The van der Waals surface area contributed by atoms with Gasteiger partial charge in [0, 0.05) is 15.3 Å². The fraction of sp³-hybridized carbons (Fsp3) is 0.375. The topological polar surface area (TPSA) is 21.3 Å². The van der Waals surface area contributed by atoms with Crippen molar-refractivity contribution in [3.63, 3.8) is 0 Å². The number of hydrogen-bond acceptors (Lipinski definition) is 3. The Labute approximate surface area is 119 Å². The van der Waals surface area contributed by atoms with Crippen LogP contribution in [0.25, 0.3) is 0 Å². The minimum absolute atomic E-state index is 0.202. The Hall–Kier alpha value is -1.32. The molecule has 0 amide bonds. The lowest BCUT2D eigenvalue weighted by atomic mass is 10.0. The van der Waals surface area contributed by atoms with Crippen LogP contribution in [0.3, 0.4) is 0 Å². The zero-order valence-electron chi connectivity index (χ0n) is 11.8. The molecule has 0 aliphatic heterocycles. The molecule has 0 saturated heterocycles. The van der Waals surface area contributed by atoms with Gasteiger partial charge < -0.3 is 10.1 Å². The van der Waals surface area contributed by atoms with Crippen LogP contribution in [0.1, 0.15) is 35.2 Å². The van der Waals surface area contributed by atoms with E-state index < -0.39 is 0 Å². The summed E-state index contributed by atoms with van der Waals surface area (Å²) in [5.41, 5.74) is 1.20. The molecule has 0 aliphatic carbocycles. The van der Waals surface area contributed by atoms with E-state index in [1.807, 2.05) is 37.4 Å². The van der Waals surface area contributed by atoms with Gasteiger partial charge in [-0.3, -0.25) is 0 Å². The lowest BCUT2D eigenvalue weighted by molar-refractivity contribution is 0.334. The predicted octanol–water partition coefficient (Wildman–Crippen LogP) is 4.02. The van der Waals surface area contributed by atoms with Crippen molar-refractivity contribution in [2.45, 2.75) is 26.3 Å². The SMILES string of the molecule is CCOc1ccccc1C(NC)c1ccc(CC)s1. The Kier molecular flexibility index (Phi) is 5.00. The molecule has 0 radical (unpaired) electrons. The molecule has 102 valence electrons. The number of aryl methyl sites for hydroxylation is 1. The second-order valence-electron chi connectivity index (χ2n) is 4.35. The van der Waals surface area contributed by atoms with Gasteiger partial charge in [-0.15, -0.1) is 11.3 Å². The maximum atomic E-state index is 5.74. The fourth-order valence-corrected chi connectivity index (χ4v) is 3.28. The van der Waals surface area contributed by atoms with Gasteiger partial charge >= 0.3 is 0 Å². The second-order valence-corrected chi connectivity index (χ2v) is 5.55. The number of rotatable bonds is 6. The molecular weight excluding hydrogens is 254 g/mol. The van der Waals surface area contributed by atoms with Crippen molar-refractivity contribution in [3.05, 3.63) is 51.7 Å². The monoisotopic (exact) mass is 275 g/mol. The highest BCUT2D eigenvalue weighted by atomic mass is 32.1. The van der Waals surface area contributed by atoms with Crippen LogP contribution in [0.4, 0.5) is 0 Å². The van der Waals surface area contributed by atoms with E-state index in [-0.39, 0.29) is 6.04 Å². The number of para-hydroxylation sites is 1. The summed E-state index contributed by atoms with van der Waals surface area (Å²) in [4.78, 5) is 2.76. The van der Waals surface area contributed by atoms with Crippen molar-refractivity contribution in [1.82, 2.24) is 5.32 Å². The Morgan fingerprint density at radius 3 is 2.58 bits per heavy atom. The van der Waals surface area contributed by atoms with Crippen molar-refractivity contribution in [2.24, 2.45) is 0 Å². The quantitative estimate of drug-likeness (QED) is 0.860. The van der Waals surface area contributed by atoms with Crippen LogP contribution in [0, 0.1) is 0 Å². The van der Waals surface area contributed by atoms with Crippen molar-refractivity contribution < 1.29 is 4.74 Å². The fourth-order valence-electron chi connectivity index (χ4n) is 2.20. The summed E-state index contributed by atoms with van der Waals surface area (Å²) >= 11 is 1.87. The van der Waals surface area contributed by atoms with Crippen molar-refractivity contribution in [2.75, 3.05) is 13.7 Å². The number of hydrogen-bond donors (Lipinski definition) is 1. The Morgan fingerprint density at radius 2 is 1.95 bits per heavy atom. The lowest BCUT2D eigenvalue weighted by Gasteiger charge is -2.18. The molecule has 1 aromatic heterocycles. The Balaban J connectivity index is 2.36. The van der Waals surface area contributed by atoms with E-state index in [9.17, 15) is 0 Å². The summed E-state index contributed by atoms with van der Waals surface area (Å²) < 4.78 is 5.74. The third-order valence-electron chi connectivity index (χ3n) is 3.13. The molecule has 2 rings (SSSR count). The van der Waals surface area contributed by atoms with Crippen LogP contribution in [0.2, 0.25) is 0 Å². The zero-order valence-corrected chi connectivity index (χ0v) is 12.6. The third kappa shape index (κ3) is 3.17. The molecule has 0 saturated carbocycles. The van der Waals surface area contributed by atoms with E-state index >= 15 is 0 Å². The van der Waals surface area contributed by atoms with Crippen molar-refractivity contribution in [3.8, 4) is 5.75 Å². The van der Waals surface area contributed by atoms with Crippen molar-refractivity contribution >= 4 is 11.3 Å².